The van der Waals surface area contributed by atoms with Crippen LogP contribution in [-0.4, -0.2) is 16.3 Å². The molecule has 74 valence electrons. The quantitative estimate of drug-likeness (QED) is 0.674. The van der Waals surface area contributed by atoms with Crippen LogP contribution in [0.15, 0.2) is 11.8 Å². The maximum absolute atomic E-state index is 10.1. The van der Waals surface area contributed by atoms with Crippen LogP contribution in [0.2, 0.25) is 0 Å². The summed E-state index contributed by atoms with van der Waals surface area (Å²) in [5.41, 5.74) is -0.701. The molecule has 0 atom stereocenters. The summed E-state index contributed by atoms with van der Waals surface area (Å²) in [4.78, 5) is 0. The number of hydrogen-bond acceptors (Lipinski definition) is 2. The van der Waals surface area contributed by atoms with E-state index in [1.807, 2.05) is 0 Å². The molecule has 1 heterocycles. The molecule has 0 bridgehead atoms. The molecule has 0 amide bonds. The molecule has 1 N–H and O–H groups in total. The molecule has 2 rings (SSSR count). The van der Waals surface area contributed by atoms with Gasteiger partial charge in [0.1, 0.15) is 17.0 Å². The standard InChI is InChI=1S/C11H18O2/c1-10(2)6-3-5-9(13-10)11(12)7-4-8-11/h5,12H,3-4,6-8H2,1-2H3. The van der Waals surface area contributed by atoms with Crippen molar-refractivity contribution in [1.82, 2.24) is 0 Å². The van der Waals surface area contributed by atoms with E-state index in [1.54, 1.807) is 0 Å². The molecule has 1 fully saturated rings. The van der Waals surface area contributed by atoms with Crippen molar-refractivity contribution in [2.45, 2.75) is 57.2 Å². The van der Waals surface area contributed by atoms with Gasteiger partial charge in [-0.1, -0.05) is 0 Å². The van der Waals surface area contributed by atoms with E-state index in [-0.39, 0.29) is 5.60 Å². The van der Waals surface area contributed by atoms with Gasteiger partial charge in [-0.15, -0.1) is 0 Å². The SMILES string of the molecule is CC1(C)CCC=C(C2(O)CCC2)O1. The third kappa shape index (κ3) is 1.60. The fourth-order valence-corrected chi connectivity index (χ4v) is 1.98. The van der Waals surface area contributed by atoms with E-state index in [4.69, 9.17) is 4.74 Å². The largest absolute Gasteiger partial charge is 0.489 e. The lowest BCUT2D eigenvalue weighted by molar-refractivity contribution is -0.0942. The van der Waals surface area contributed by atoms with Gasteiger partial charge < -0.3 is 9.84 Å². The Kier molecular flexibility index (Phi) is 1.91. The van der Waals surface area contributed by atoms with Crippen molar-refractivity contribution in [3.63, 3.8) is 0 Å². The van der Waals surface area contributed by atoms with Crippen LogP contribution in [0.5, 0.6) is 0 Å². The molecule has 0 aromatic rings. The Hall–Kier alpha value is -0.500. The van der Waals surface area contributed by atoms with Gasteiger partial charge in [0.15, 0.2) is 0 Å². The molecule has 13 heavy (non-hydrogen) atoms. The monoisotopic (exact) mass is 182 g/mol. The van der Waals surface area contributed by atoms with Gasteiger partial charge in [0.05, 0.1) is 0 Å². The average molecular weight is 182 g/mol. The normalized spacial score (nSPS) is 29.9. The van der Waals surface area contributed by atoms with E-state index >= 15 is 0 Å². The Labute approximate surface area is 79.6 Å². The zero-order chi connectivity index (χ0) is 9.53. The van der Waals surface area contributed by atoms with Crippen molar-refractivity contribution in [2.75, 3.05) is 0 Å². The summed E-state index contributed by atoms with van der Waals surface area (Å²) in [6.07, 6.45) is 7.00. The predicted molar refractivity (Wildman–Crippen MR) is 51.3 cm³/mol. The van der Waals surface area contributed by atoms with Gasteiger partial charge in [-0.25, -0.2) is 0 Å². The van der Waals surface area contributed by atoms with Crippen LogP contribution in [-0.2, 0) is 4.74 Å². The van der Waals surface area contributed by atoms with E-state index in [0.29, 0.717) is 0 Å². The Morgan fingerprint density at radius 3 is 2.46 bits per heavy atom. The lowest BCUT2D eigenvalue weighted by atomic mass is 9.77. The van der Waals surface area contributed by atoms with Crippen LogP contribution in [0, 0.1) is 0 Å². The molecule has 2 nitrogen and oxygen atoms in total. The highest BCUT2D eigenvalue weighted by molar-refractivity contribution is 5.17. The van der Waals surface area contributed by atoms with Crippen LogP contribution in [0.3, 0.4) is 0 Å². The third-order valence-corrected chi connectivity index (χ3v) is 3.10. The Bertz CT molecular complexity index is 236. The minimum Gasteiger partial charge on any atom is -0.489 e. The summed E-state index contributed by atoms with van der Waals surface area (Å²) >= 11 is 0. The fraction of sp³-hybridized carbons (Fsp3) is 0.818. The summed E-state index contributed by atoms with van der Waals surface area (Å²) in [5, 5.41) is 10.1. The number of allylic oxidation sites excluding steroid dienone is 1. The molecule has 2 heteroatoms. The predicted octanol–water partition coefficient (Wildman–Crippen LogP) is 2.37. The minimum atomic E-state index is -0.613. The molecule has 1 saturated carbocycles. The number of hydrogen-bond donors (Lipinski definition) is 1. The topological polar surface area (TPSA) is 29.5 Å². The number of ether oxygens (including phenoxy) is 1. The highest BCUT2D eigenvalue weighted by atomic mass is 16.5. The van der Waals surface area contributed by atoms with Crippen LogP contribution in [0.4, 0.5) is 0 Å². The number of aliphatic hydroxyl groups is 1. The minimum absolute atomic E-state index is 0.0879. The molecule has 1 aliphatic carbocycles. The first-order valence-corrected chi connectivity index (χ1v) is 5.14. The van der Waals surface area contributed by atoms with Gasteiger partial charge in [0.2, 0.25) is 0 Å². The van der Waals surface area contributed by atoms with Gasteiger partial charge in [-0.05, 0) is 52.0 Å². The first-order valence-electron chi connectivity index (χ1n) is 5.14. The molecule has 0 saturated heterocycles. The number of rotatable bonds is 1. The van der Waals surface area contributed by atoms with E-state index in [0.717, 1.165) is 37.9 Å². The lowest BCUT2D eigenvalue weighted by Gasteiger charge is -2.43. The summed E-state index contributed by atoms with van der Waals surface area (Å²) in [6.45, 7) is 4.17. The second-order valence-corrected chi connectivity index (χ2v) is 4.85. The Morgan fingerprint density at radius 2 is 2.00 bits per heavy atom. The molecule has 1 aliphatic heterocycles. The first kappa shape index (κ1) is 9.07. The van der Waals surface area contributed by atoms with Crippen LogP contribution >= 0.6 is 0 Å². The highest BCUT2D eigenvalue weighted by Crippen LogP contribution is 2.42. The van der Waals surface area contributed by atoms with Crippen molar-refractivity contribution in [2.24, 2.45) is 0 Å². The van der Waals surface area contributed by atoms with Crippen molar-refractivity contribution >= 4 is 0 Å². The Balaban J connectivity index is 2.11. The molecule has 2 aliphatic rings. The molecule has 0 unspecified atom stereocenters. The maximum Gasteiger partial charge on any atom is 0.124 e. The third-order valence-electron chi connectivity index (χ3n) is 3.10. The lowest BCUT2D eigenvalue weighted by Crippen LogP contribution is -2.43. The first-order chi connectivity index (χ1) is 6.02. The zero-order valence-electron chi connectivity index (χ0n) is 8.47. The van der Waals surface area contributed by atoms with Crippen molar-refractivity contribution in [3.8, 4) is 0 Å². The highest BCUT2D eigenvalue weighted by Gasteiger charge is 2.42. The van der Waals surface area contributed by atoms with Gasteiger partial charge in [0, 0.05) is 0 Å². The molecule has 0 aromatic heterocycles. The van der Waals surface area contributed by atoms with Gasteiger partial charge in [-0.2, -0.15) is 0 Å². The fourth-order valence-electron chi connectivity index (χ4n) is 1.98. The second-order valence-electron chi connectivity index (χ2n) is 4.85. The van der Waals surface area contributed by atoms with E-state index in [2.05, 4.69) is 19.9 Å². The average Bonchev–Trinajstić information content (AvgIpc) is 1.98. The van der Waals surface area contributed by atoms with Crippen molar-refractivity contribution in [3.05, 3.63) is 11.8 Å². The zero-order valence-corrected chi connectivity index (χ0v) is 8.47. The molecule has 0 aromatic carbocycles. The molecule has 0 radical (unpaired) electrons. The summed E-state index contributed by atoms with van der Waals surface area (Å²) in [6, 6.07) is 0. The van der Waals surface area contributed by atoms with E-state index in [9.17, 15) is 5.11 Å². The summed E-state index contributed by atoms with van der Waals surface area (Å²) in [5.74, 6) is 0.829. The van der Waals surface area contributed by atoms with Crippen LogP contribution in [0.1, 0.15) is 46.0 Å². The van der Waals surface area contributed by atoms with Crippen LogP contribution < -0.4 is 0 Å². The van der Waals surface area contributed by atoms with Gasteiger partial charge in [-0.3, -0.25) is 0 Å². The molecule has 0 spiro atoms. The molecular weight excluding hydrogens is 164 g/mol. The van der Waals surface area contributed by atoms with Crippen molar-refractivity contribution in [1.29, 1.82) is 0 Å². The Morgan fingerprint density at radius 1 is 1.31 bits per heavy atom. The van der Waals surface area contributed by atoms with E-state index in [1.165, 1.54) is 0 Å². The second kappa shape index (κ2) is 2.74. The summed E-state index contributed by atoms with van der Waals surface area (Å²) < 4.78 is 5.79. The van der Waals surface area contributed by atoms with Crippen LogP contribution in [0.25, 0.3) is 0 Å². The van der Waals surface area contributed by atoms with Crippen molar-refractivity contribution < 1.29 is 9.84 Å². The smallest absolute Gasteiger partial charge is 0.124 e. The van der Waals surface area contributed by atoms with E-state index < -0.39 is 5.60 Å². The van der Waals surface area contributed by atoms with Gasteiger partial charge >= 0.3 is 0 Å². The molecular formula is C11H18O2. The maximum atomic E-state index is 10.1. The summed E-state index contributed by atoms with van der Waals surface area (Å²) in [7, 11) is 0. The van der Waals surface area contributed by atoms with Gasteiger partial charge in [0.25, 0.3) is 0 Å².